The highest BCUT2D eigenvalue weighted by molar-refractivity contribution is 6.33. The topological polar surface area (TPSA) is 3.24 Å². The summed E-state index contributed by atoms with van der Waals surface area (Å²) in [5.41, 5.74) is 10.7. The summed E-state index contributed by atoms with van der Waals surface area (Å²) in [4.78, 5) is 2.33. The van der Waals surface area contributed by atoms with Crippen molar-refractivity contribution in [2.75, 3.05) is 4.90 Å². The van der Waals surface area contributed by atoms with E-state index in [1.807, 2.05) is 0 Å². The van der Waals surface area contributed by atoms with Gasteiger partial charge in [0.05, 0.1) is 0 Å². The van der Waals surface area contributed by atoms with Crippen molar-refractivity contribution in [3.63, 3.8) is 0 Å². The van der Waals surface area contributed by atoms with Gasteiger partial charge in [-0.15, -0.1) is 0 Å². The maximum absolute atomic E-state index is 2.45. The van der Waals surface area contributed by atoms with Crippen LogP contribution in [-0.4, -0.2) is 0 Å². The molecular weight excluding hydrogens is 639 g/mol. The molecule has 0 bridgehead atoms. The van der Waals surface area contributed by atoms with Crippen LogP contribution < -0.4 is 4.90 Å². The number of anilines is 3. The van der Waals surface area contributed by atoms with Crippen LogP contribution in [0.15, 0.2) is 212 Å². The Morgan fingerprint density at radius 2 is 0.736 bits per heavy atom. The van der Waals surface area contributed by atoms with Gasteiger partial charge in [0.25, 0.3) is 0 Å². The monoisotopic (exact) mass is 673 g/mol. The van der Waals surface area contributed by atoms with E-state index < -0.39 is 0 Å². The molecule has 0 aromatic heterocycles. The Morgan fingerprint density at radius 1 is 0.264 bits per heavy atom. The second-order valence-electron chi connectivity index (χ2n) is 13.7. The van der Waals surface area contributed by atoms with Gasteiger partial charge in [-0.05, 0) is 125 Å². The molecule has 0 atom stereocenters. The Kier molecular flexibility index (Phi) is 7.55. The zero-order valence-electron chi connectivity index (χ0n) is 29.2. The van der Waals surface area contributed by atoms with Gasteiger partial charge >= 0.3 is 0 Å². The van der Waals surface area contributed by atoms with Gasteiger partial charge in [-0.2, -0.15) is 0 Å². The lowest BCUT2D eigenvalue weighted by atomic mass is 9.81. The van der Waals surface area contributed by atoms with Gasteiger partial charge in [0.15, 0.2) is 0 Å². The molecule has 1 nitrogen and oxygen atoms in total. The van der Waals surface area contributed by atoms with Crippen molar-refractivity contribution in [1.29, 1.82) is 0 Å². The molecule has 0 N–H and O–H groups in total. The third kappa shape index (κ3) is 5.34. The van der Waals surface area contributed by atoms with Crippen LogP contribution in [0.3, 0.4) is 0 Å². The van der Waals surface area contributed by atoms with Crippen molar-refractivity contribution < 1.29 is 0 Å². The van der Waals surface area contributed by atoms with Crippen LogP contribution in [0.5, 0.6) is 0 Å². The number of nitrogens with zero attached hydrogens (tertiary/aromatic N) is 1. The summed E-state index contributed by atoms with van der Waals surface area (Å²) < 4.78 is 0. The Morgan fingerprint density at radius 3 is 1.36 bits per heavy atom. The molecule has 1 heteroatoms. The highest BCUT2D eigenvalue weighted by Gasteiger charge is 2.22. The van der Waals surface area contributed by atoms with E-state index in [2.05, 4.69) is 217 Å². The first-order valence-electron chi connectivity index (χ1n) is 18.3. The average molecular weight is 674 g/mol. The van der Waals surface area contributed by atoms with E-state index in [1.165, 1.54) is 76.5 Å². The highest BCUT2D eigenvalue weighted by atomic mass is 15.1. The van der Waals surface area contributed by atoms with E-state index in [0.29, 0.717) is 0 Å². The maximum atomic E-state index is 2.45. The molecule has 0 radical (unpaired) electrons. The summed E-state index contributed by atoms with van der Waals surface area (Å²) in [6.45, 7) is 0. The molecule has 0 aliphatic carbocycles. The summed E-state index contributed by atoms with van der Waals surface area (Å²) in [5, 5.41) is 10.1. The first-order valence-corrected chi connectivity index (χ1v) is 18.3. The number of hydrogen-bond acceptors (Lipinski definition) is 1. The van der Waals surface area contributed by atoms with Crippen molar-refractivity contribution >= 4 is 60.2 Å². The molecular formula is C52H35N. The molecule has 10 aromatic rings. The third-order valence-electron chi connectivity index (χ3n) is 10.6. The summed E-state index contributed by atoms with van der Waals surface area (Å²) in [7, 11) is 0. The van der Waals surface area contributed by atoms with Crippen LogP contribution in [0.25, 0.3) is 76.5 Å². The maximum Gasteiger partial charge on any atom is 0.0462 e. The quantitative estimate of drug-likeness (QED) is 0.159. The molecule has 0 saturated heterocycles. The van der Waals surface area contributed by atoms with Crippen LogP contribution >= 0.6 is 0 Å². The van der Waals surface area contributed by atoms with Gasteiger partial charge < -0.3 is 4.90 Å². The van der Waals surface area contributed by atoms with Gasteiger partial charge in [0.1, 0.15) is 0 Å². The lowest BCUT2D eigenvalue weighted by Crippen LogP contribution is -2.09. The molecule has 0 heterocycles. The zero-order chi connectivity index (χ0) is 35.1. The minimum Gasteiger partial charge on any atom is -0.311 e. The van der Waals surface area contributed by atoms with E-state index in [4.69, 9.17) is 0 Å². The molecule has 0 fully saturated rings. The fourth-order valence-electron chi connectivity index (χ4n) is 8.21. The Bertz CT molecular complexity index is 2870. The van der Waals surface area contributed by atoms with Gasteiger partial charge in [-0.25, -0.2) is 0 Å². The molecule has 0 aliphatic heterocycles. The lowest BCUT2D eigenvalue weighted by Gasteiger charge is -2.26. The largest absolute Gasteiger partial charge is 0.311 e. The van der Waals surface area contributed by atoms with Crippen molar-refractivity contribution in [1.82, 2.24) is 0 Å². The molecule has 10 aromatic carbocycles. The van der Waals surface area contributed by atoms with Gasteiger partial charge in [-0.3, -0.25) is 0 Å². The van der Waals surface area contributed by atoms with E-state index in [9.17, 15) is 0 Å². The first-order chi connectivity index (χ1) is 26.3. The highest BCUT2D eigenvalue weighted by Crippen LogP contribution is 2.49. The molecule has 0 spiro atoms. The second kappa shape index (κ2) is 13.0. The van der Waals surface area contributed by atoms with E-state index in [-0.39, 0.29) is 0 Å². The average Bonchev–Trinajstić information content (AvgIpc) is 3.24. The Hall–Kier alpha value is -6.96. The number of benzene rings is 10. The fraction of sp³-hybridized carbons (Fsp3) is 0. The third-order valence-corrected chi connectivity index (χ3v) is 10.6. The SMILES string of the molecule is c1ccc(-c2cc(-c3ccc4ccccc4c3)c3c4ccccc4c4ccccc4c3c2-c2ccc(N(c3ccccc3)c3ccccc3)cc2)cc1. The first kappa shape index (κ1) is 30.8. The molecule has 0 saturated carbocycles. The van der Waals surface area contributed by atoms with Crippen molar-refractivity contribution in [2.45, 2.75) is 0 Å². The number of para-hydroxylation sites is 2. The predicted molar refractivity (Wildman–Crippen MR) is 227 cm³/mol. The van der Waals surface area contributed by atoms with Crippen LogP contribution in [0.2, 0.25) is 0 Å². The fourth-order valence-corrected chi connectivity index (χ4v) is 8.21. The van der Waals surface area contributed by atoms with Gasteiger partial charge in [0, 0.05) is 17.1 Å². The van der Waals surface area contributed by atoms with Crippen molar-refractivity contribution in [3.05, 3.63) is 212 Å². The van der Waals surface area contributed by atoms with Crippen molar-refractivity contribution in [3.8, 4) is 33.4 Å². The lowest BCUT2D eigenvalue weighted by molar-refractivity contribution is 1.28. The Balaban J connectivity index is 1.31. The van der Waals surface area contributed by atoms with Gasteiger partial charge in [-0.1, -0.05) is 164 Å². The van der Waals surface area contributed by atoms with Crippen molar-refractivity contribution in [2.24, 2.45) is 0 Å². The van der Waals surface area contributed by atoms with Gasteiger partial charge in [0.2, 0.25) is 0 Å². The standard InChI is InChI=1S/C52H35N/c1-4-17-37(18-5-1)48-35-49(40-29-28-36-16-10-11-19-39(36)34-40)51-46-26-14-12-24-44(46)45-25-13-15-27-47(45)52(51)50(48)38-30-32-43(33-31-38)53(41-20-6-2-7-21-41)42-22-8-3-9-23-42/h1-35H. The molecule has 0 aliphatic rings. The smallest absolute Gasteiger partial charge is 0.0462 e. The minimum atomic E-state index is 1.11. The van der Waals surface area contributed by atoms with Crippen LogP contribution in [0.1, 0.15) is 0 Å². The predicted octanol–water partition coefficient (Wildman–Crippen LogP) is 14.8. The molecule has 0 amide bonds. The van der Waals surface area contributed by atoms with Crippen LogP contribution in [0, 0.1) is 0 Å². The molecule has 10 rings (SSSR count). The van der Waals surface area contributed by atoms with E-state index in [1.54, 1.807) is 0 Å². The Labute approximate surface area is 309 Å². The normalized spacial score (nSPS) is 11.4. The minimum absolute atomic E-state index is 1.11. The summed E-state index contributed by atoms with van der Waals surface area (Å²) in [6.07, 6.45) is 0. The second-order valence-corrected chi connectivity index (χ2v) is 13.7. The van der Waals surface area contributed by atoms with Crippen LogP contribution in [0.4, 0.5) is 17.1 Å². The molecule has 53 heavy (non-hydrogen) atoms. The number of hydrogen-bond donors (Lipinski definition) is 0. The zero-order valence-corrected chi connectivity index (χ0v) is 29.2. The van der Waals surface area contributed by atoms with E-state index >= 15 is 0 Å². The van der Waals surface area contributed by atoms with Crippen LogP contribution in [-0.2, 0) is 0 Å². The number of rotatable bonds is 6. The summed E-state index contributed by atoms with van der Waals surface area (Å²) in [6, 6.07) is 77.2. The summed E-state index contributed by atoms with van der Waals surface area (Å²) in [5.74, 6) is 0. The van der Waals surface area contributed by atoms with E-state index in [0.717, 1.165) is 17.1 Å². The summed E-state index contributed by atoms with van der Waals surface area (Å²) >= 11 is 0. The molecule has 0 unspecified atom stereocenters. The molecule has 248 valence electrons. The number of fused-ring (bicyclic) bond motifs is 7.